The molecular weight excluding hydrogens is 472 g/mol. The van der Waals surface area contributed by atoms with Crippen molar-refractivity contribution in [2.45, 2.75) is 43.4 Å². The summed E-state index contributed by atoms with van der Waals surface area (Å²) >= 11 is 7.99. The fourth-order valence-electron chi connectivity index (χ4n) is 2.68. The Hall–Kier alpha value is -2.77. The van der Waals surface area contributed by atoms with Gasteiger partial charge in [-0.25, -0.2) is 4.79 Å². The summed E-state index contributed by atoms with van der Waals surface area (Å²) in [5, 5.41) is 25.3. The number of aliphatic carboxylic acids is 2. The number of hydrogen-bond acceptors (Lipinski definition) is 8. The third kappa shape index (κ3) is 10.1. The van der Waals surface area contributed by atoms with Crippen LogP contribution in [0.3, 0.4) is 0 Å². The summed E-state index contributed by atoms with van der Waals surface area (Å²) in [5.41, 5.74) is 6.28. The zero-order chi connectivity index (χ0) is 25.0. The van der Waals surface area contributed by atoms with Gasteiger partial charge in [-0.3, -0.25) is 19.2 Å². The monoisotopic (exact) mass is 500 g/mol. The van der Waals surface area contributed by atoms with E-state index in [9.17, 15) is 29.1 Å². The molecular formula is C20H28N4O7S2. The second-order valence-corrected chi connectivity index (χ2v) is 7.85. The number of rotatable bonds is 14. The van der Waals surface area contributed by atoms with Gasteiger partial charge in [0.25, 0.3) is 0 Å². The van der Waals surface area contributed by atoms with Crippen molar-refractivity contribution in [3.8, 4) is 0 Å². The Morgan fingerprint density at radius 1 is 0.818 bits per heavy atom. The molecule has 4 atom stereocenters. The van der Waals surface area contributed by atoms with Gasteiger partial charge in [-0.1, -0.05) is 30.3 Å². The number of amides is 3. The molecule has 0 aliphatic carbocycles. The van der Waals surface area contributed by atoms with Crippen molar-refractivity contribution in [3.63, 3.8) is 0 Å². The van der Waals surface area contributed by atoms with Gasteiger partial charge in [0.05, 0.1) is 6.04 Å². The van der Waals surface area contributed by atoms with Crippen molar-refractivity contribution < 1.29 is 34.2 Å². The van der Waals surface area contributed by atoms with E-state index in [0.717, 1.165) is 0 Å². The Labute approximate surface area is 201 Å². The standard InChI is InChI=1S/C20H28N4O7S2/c21-12(9-32)17(27)24-15(10-33)19(29)23-14(8-11-4-2-1-3-5-11)18(28)22-13(20(30)31)6-7-16(25)26/h1-5,12-15,32-33H,6-10,21H2,(H,22,28)(H,23,29)(H,24,27)(H,25,26)(H,30,31). The first-order chi connectivity index (χ1) is 15.6. The number of carboxylic acids is 2. The topological polar surface area (TPSA) is 188 Å². The average Bonchev–Trinajstić information content (AvgIpc) is 2.78. The van der Waals surface area contributed by atoms with Crippen LogP contribution < -0.4 is 21.7 Å². The lowest BCUT2D eigenvalue weighted by Crippen LogP contribution is -2.58. The predicted octanol–water partition coefficient (Wildman–Crippen LogP) is -1.18. The molecule has 0 spiro atoms. The molecule has 1 aromatic carbocycles. The predicted molar refractivity (Wildman–Crippen MR) is 126 cm³/mol. The van der Waals surface area contributed by atoms with Gasteiger partial charge < -0.3 is 31.9 Å². The first kappa shape index (κ1) is 28.3. The van der Waals surface area contributed by atoms with E-state index < -0.39 is 60.2 Å². The molecule has 33 heavy (non-hydrogen) atoms. The molecule has 0 aromatic heterocycles. The fourth-order valence-corrected chi connectivity index (χ4v) is 3.11. The van der Waals surface area contributed by atoms with Gasteiger partial charge in [-0.05, 0) is 12.0 Å². The number of hydrogen-bond donors (Lipinski definition) is 8. The van der Waals surface area contributed by atoms with E-state index in [-0.39, 0.29) is 24.3 Å². The molecule has 7 N–H and O–H groups in total. The number of thiol groups is 2. The van der Waals surface area contributed by atoms with E-state index in [0.29, 0.717) is 5.56 Å². The molecule has 11 nitrogen and oxygen atoms in total. The lowest BCUT2D eigenvalue weighted by molar-refractivity contribution is -0.143. The maximum atomic E-state index is 12.9. The second kappa shape index (κ2) is 14.4. The number of carbonyl (C=O) groups excluding carboxylic acids is 3. The van der Waals surface area contributed by atoms with Gasteiger partial charge in [0, 0.05) is 24.3 Å². The lowest BCUT2D eigenvalue weighted by atomic mass is 10.0. The molecule has 4 unspecified atom stereocenters. The number of carbonyl (C=O) groups is 5. The average molecular weight is 501 g/mol. The van der Waals surface area contributed by atoms with Crippen LogP contribution in [0.1, 0.15) is 18.4 Å². The van der Waals surface area contributed by atoms with E-state index in [2.05, 4.69) is 41.2 Å². The van der Waals surface area contributed by atoms with Crippen LogP contribution in [-0.2, 0) is 30.4 Å². The highest BCUT2D eigenvalue weighted by atomic mass is 32.1. The molecule has 182 valence electrons. The van der Waals surface area contributed by atoms with Crippen LogP contribution in [0.4, 0.5) is 0 Å². The molecule has 1 rings (SSSR count). The van der Waals surface area contributed by atoms with Crippen LogP contribution in [0.25, 0.3) is 0 Å². The van der Waals surface area contributed by atoms with E-state index in [1.165, 1.54) is 0 Å². The van der Waals surface area contributed by atoms with Crippen molar-refractivity contribution in [2.75, 3.05) is 11.5 Å². The van der Waals surface area contributed by atoms with Gasteiger partial charge in [0.1, 0.15) is 18.1 Å². The molecule has 0 saturated heterocycles. The zero-order valence-corrected chi connectivity index (χ0v) is 19.4. The summed E-state index contributed by atoms with van der Waals surface area (Å²) in [6.07, 6.45) is -0.779. The minimum Gasteiger partial charge on any atom is -0.481 e. The van der Waals surface area contributed by atoms with Crippen LogP contribution in [0, 0.1) is 0 Å². The maximum absolute atomic E-state index is 12.9. The van der Waals surface area contributed by atoms with Crippen LogP contribution >= 0.6 is 25.3 Å². The maximum Gasteiger partial charge on any atom is 0.326 e. The molecule has 3 amide bonds. The van der Waals surface area contributed by atoms with Crippen molar-refractivity contribution in [3.05, 3.63) is 35.9 Å². The molecule has 0 heterocycles. The number of nitrogens with one attached hydrogen (secondary N) is 3. The summed E-state index contributed by atoms with van der Waals surface area (Å²) in [6, 6.07) is 3.94. The first-order valence-electron chi connectivity index (χ1n) is 9.96. The molecule has 13 heteroatoms. The zero-order valence-electron chi connectivity index (χ0n) is 17.6. The number of carboxylic acid groups (broad SMARTS) is 2. The van der Waals surface area contributed by atoms with Crippen LogP contribution in [0.5, 0.6) is 0 Å². The molecule has 1 aromatic rings. The highest BCUT2D eigenvalue weighted by molar-refractivity contribution is 7.80. The Bertz CT molecular complexity index is 841. The van der Waals surface area contributed by atoms with Crippen molar-refractivity contribution in [1.82, 2.24) is 16.0 Å². The fraction of sp³-hybridized carbons (Fsp3) is 0.450. The third-order valence-corrected chi connectivity index (χ3v) is 5.28. The summed E-state index contributed by atoms with van der Waals surface area (Å²) in [6.45, 7) is 0. The van der Waals surface area contributed by atoms with E-state index >= 15 is 0 Å². The minimum atomic E-state index is -1.46. The van der Waals surface area contributed by atoms with Gasteiger partial charge in [-0.15, -0.1) is 0 Å². The summed E-state index contributed by atoms with van der Waals surface area (Å²) < 4.78 is 0. The highest BCUT2D eigenvalue weighted by Gasteiger charge is 2.30. The summed E-state index contributed by atoms with van der Waals surface area (Å²) in [5.74, 6) is -4.82. The van der Waals surface area contributed by atoms with Gasteiger partial charge in [-0.2, -0.15) is 25.3 Å². The second-order valence-electron chi connectivity index (χ2n) is 7.12. The lowest BCUT2D eigenvalue weighted by Gasteiger charge is -2.24. The molecule has 0 saturated carbocycles. The third-order valence-electron chi connectivity index (χ3n) is 4.53. The smallest absolute Gasteiger partial charge is 0.326 e. The normalized spacial score (nSPS) is 14.3. The van der Waals surface area contributed by atoms with Crippen LogP contribution in [-0.4, -0.2) is 75.5 Å². The SMILES string of the molecule is NC(CS)C(=O)NC(CS)C(=O)NC(Cc1ccccc1)C(=O)NC(CCC(=O)O)C(=O)O. The minimum absolute atomic E-state index is 0.0209. The van der Waals surface area contributed by atoms with E-state index in [4.69, 9.17) is 10.8 Å². The molecule has 0 aliphatic heterocycles. The van der Waals surface area contributed by atoms with Crippen molar-refractivity contribution in [2.24, 2.45) is 5.73 Å². The Morgan fingerprint density at radius 2 is 1.36 bits per heavy atom. The Morgan fingerprint density at radius 3 is 1.88 bits per heavy atom. The molecule has 0 radical (unpaired) electrons. The summed E-state index contributed by atoms with van der Waals surface area (Å²) in [7, 11) is 0. The Balaban J connectivity index is 3.01. The summed E-state index contributed by atoms with van der Waals surface area (Å²) in [4.78, 5) is 59.9. The van der Waals surface area contributed by atoms with Gasteiger partial charge in [0.15, 0.2) is 0 Å². The first-order valence-corrected chi connectivity index (χ1v) is 11.2. The number of nitrogens with two attached hydrogens (primary N) is 1. The molecule has 0 bridgehead atoms. The van der Waals surface area contributed by atoms with Crippen molar-refractivity contribution in [1.29, 1.82) is 0 Å². The number of benzene rings is 1. The van der Waals surface area contributed by atoms with Crippen molar-refractivity contribution >= 4 is 54.9 Å². The molecule has 0 fully saturated rings. The van der Waals surface area contributed by atoms with E-state index in [1.54, 1.807) is 30.3 Å². The van der Waals surface area contributed by atoms with Crippen LogP contribution in [0.15, 0.2) is 30.3 Å². The largest absolute Gasteiger partial charge is 0.481 e. The molecule has 0 aliphatic rings. The van der Waals surface area contributed by atoms with Crippen LogP contribution in [0.2, 0.25) is 0 Å². The quantitative estimate of drug-likeness (QED) is 0.147. The van der Waals surface area contributed by atoms with Gasteiger partial charge in [0.2, 0.25) is 17.7 Å². The van der Waals surface area contributed by atoms with E-state index in [1.807, 2.05) is 0 Å². The highest BCUT2D eigenvalue weighted by Crippen LogP contribution is 2.06. The van der Waals surface area contributed by atoms with Gasteiger partial charge >= 0.3 is 11.9 Å². The Kier molecular flexibility index (Phi) is 12.3.